The second-order valence-corrected chi connectivity index (χ2v) is 4.69. The normalized spacial score (nSPS) is 10.3. The van der Waals surface area contributed by atoms with Crippen LogP contribution in [0.25, 0.3) is 0 Å². The van der Waals surface area contributed by atoms with E-state index < -0.39 is 10.8 Å². The van der Waals surface area contributed by atoms with Crippen LogP contribution in [-0.4, -0.2) is 29.1 Å². The number of rotatable bonds is 8. The fourth-order valence-electron chi connectivity index (χ4n) is 1.77. The highest BCUT2D eigenvalue weighted by Crippen LogP contribution is 2.27. The molecule has 0 spiro atoms. The summed E-state index contributed by atoms with van der Waals surface area (Å²) in [5.41, 5.74) is -0.398. The minimum atomic E-state index is -0.654. The number of halogens is 1. The standard InChI is InChI=1S/C13H17ClN2O4/c14-11-7-5-6-10(12(11)16(19)20)13(18)15-8-3-1-2-4-9-17/h5-7,17H,1-4,8-9H2,(H,15,18). The number of nitrogens with one attached hydrogen (secondary N) is 1. The highest BCUT2D eigenvalue weighted by Gasteiger charge is 2.23. The third-order valence-electron chi connectivity index (χ3n) is 2.78. The Morgan fingerprint density at radius 1 is 1.30 bits per heavy atom. The summed E-state index contributed by atoms with van der Waals surface area (Å²) in [6.07, 6.45) is 3.29. The molecule has 0 fully saturated rings. The van der Waals surface area contributed by atoms with Crippen molar-refractivity contribution in [3.8, 4) is 0 Å². The molecule has 1 rings (SSSR count). The molecule has 0 bridgehead atoms. The number of hydrogen-bond acceptors (Lipinski definition) is 4. The number of aliphatic hydroxyl groups is 1. The smallest absolute Gasteiger partial charge is 0.300 e. The van der Waals surface area contributed by atoms with E-state index in [0.29, 0.717) is 6.54 Å². The summed E-state index contributed by atoms with van der Waals surface area (Å²) in [5, 5.41) is 22.1. The molecule has 0 unspecified atom stereocenters. The van der Waals surface area contributed by atoms with E-state index in [-0.39, 0.29) is 22.9 Å². The van der Waals surface area contributed by atoms with E-state index in [4.69, 9.17) is 16.7 Å². The van der Waals surface area contributed by atoms with E-state index >= 15 is 0 Å². The zero-order chi connectivity index (χ0) is 15.0. The Morgan fingerprint density at radius 3 is 2.65 bits per heavy atom. The zero-order valence-electron chi connectivity index (χ0n) is 11.0. The van der Waals surface area contributed by atoms with Crippen molar-refractivity contribution in [1.29, 1.82) is 0 Å². The van der Waals surface area contributed by atoms with Crippen molar-refractivity contribution in [1.82, 2.24) is 5.32 Å². The van der Waals surface area contributed by atoms with Crippen LogP contribution in [0.1, 0.15) is 36.0 Å². The first-order chi connectivity index (χ1) is 9.57. The lowest BCUT2D eigenvalue weighted by Crippen LogP contribution is -2.25. The Morgan fingerprint density at radius 2 is 2.00 bits per heavy atom. The van der Waals surface area contributed by atoms with Crippen LogP contribution in [0, 0.1) is 10.1 Å². The Kier molecular flexibility index (Phi) is 6.97. The summed E-state index contributed by atoms with van der Waals surface area (Å²) in [4.78, 5) is 22.2. The van der Waals surface area contributed by atoms with Gasteiger partial charge >= 0.3 is 5.69 Å². The van der Waals surface area contributed by atoms with Crippen LogP contribution in [0.4, 0.5) is 5.69 Å². The topological polar surface area (TPSA) is 92.5 Å². The summed E-state index contributed by atoms with van der Waals surface area (Å²) in [6, 6.07) is 4.27. The van der Waals surface area contributed by atoms with Gasteiger partial charge in [-0.05, 0) is 25.0 Å². The molecule has 0 heterocycles. The van der Waals surface area contributed by atoms with Gasteiger partial charge in [-0.15, -0.1) is 0 Å². The third-order valence-corrected chi connectivity index (χ3v) is 3.09. The lowest BCUT2D eigenvalue weighted by atomic mass is 10.1. The van der Waals surface area contributed by atoms with Crippen molar-refractivity contribution >= 4 is 23.2 Å². The van der Waals surface area contributed by atoms with Gasteiger partial charge in [0.1, 0.15) is 10.6 Å². The molecule has 0 aliphatic rings. The fraction of sp³-hybridized carbons (Fsp3) is 0.462. The molecule has 2 N–H and O–H groups in total. The first-order valence-corrected chi connectivity index (χ1v) is 6.77. The molecule has 0 aliphatic heterocycles. The van der Waals surface area contributed by atoms with Gasteiger partial charge in [0.2, 0.25) is 0 Å². The van der Waals surface area contributed by atoms with Gasteiger partial charge < -0.3 is 10.4 Å². The monoisotopic (exact) mass is 300 g/mol. The van der Waals surface area contributed by atoms with Gasteiger partial charge in [-0.2, -0.15) is 0 Å². The lowest BCUT2D eigenvalue weighted by molar-refractivity contribution is -0.385. The van der Waals surface area contributed by atoms with Gasteiger partial charge in [0.15, 0.2) is 0 Å². The maximum atomic E-state index is 11.9. The highest BCUT2D eigenvalue weighted by atomic mass is 35.5. The summed E-state index contributed by atoms with van der Waals surface area (Å²) >= 11 is 5.74. The van der Waals surface area contributed by atoms with Crippen molar-refractivity contribution < 1.29 is 14.8 Å². The SMILES string of the molecule is O=C(NCCCCCCO)c1cccc(Cl)c1[N+](=O)[O-]. The second-order valence-electron chi connectivity index (χ2n) is 4.29. The molecule has 0 saturated carbocycles. The molecule has 1 aromatic carbocycles. The van der Waals surface area contributed by atoms with Crippen LogP contribution in [0.3, 0.4) is 0 Å². The molecule has 0 atom stereocenters. The molecule has 7 heteroatoms. The number of nitro benzene ring substituents is 1. The van der Waals surface area contributed by atoms with Crippen molar-refractivity contribution in [2.75, 3.05) is 13.2 Å². The van der Waals surface area contributed by atoms with E-state index in [9.17, 15) is 14.9 Å². The molecule has 1 amide bonds. The minimum Gasteiger partial charge on any atom is -0.396 e. The molecule has 20 heavy (non-hydrogen) atoms. The highest BCUT2D eigenvalue weighted by molar-refractivity contribution is 6.33. The molecule has 0 aromatic heterocycles. The van der Waals surface area contributed by atoms with Crippen LogP contribution in [-0.2, 0) is 0 Å². The predicted molar refractivity (Wildman–Crippen MR) is 76.0 cm³/mol. The average molecular weight is 301 g/mol. The molecular formula is C13H17ClN2O4. The van der Waals surface area contributed by atoms with Crippen molar-refractivity contribution in [2.24, 2.45) is 0 Å². The quantitative estimate of drug-likeness (QED) is 0.438. The number of para-hydroxylation sites is 1. The van der Waals surface area contributed by atoms with Gasteiger partial charge in [0.25, 0.3) is 5.91 Å². The Balaban J connectivity index is 2.56. The van der Waals surface area contributed by atoms with Gasteiger partial charge in [0, 0.05) is 13.2 Å². The predicted octanol–water partition coefficient (Wildman–Crippen LogP) is 2.53. The summed E-state index contributed by atoms with van der Waals surface area (Å²) in [6.45, 7) is 0.606. The first-order valence-electron chi connectivity index (χ1n) is 6.40. The number of nitrogens with zero attached hydrogens (tertiary/aromatic N) is 1. The maximum absolute atomic E-state index is 11.9. The van der Waals surface area contributed by atoms with Crippen molar-refractivity contribution in [3.63, 3.8) is 0 Å². The fourth-order valence-corrected chi connectivity index (χ4v) is 2.02. The van der Waals surface area contributed by atoms with E-state index in [1.165, 1.54) is 18.2 Å². The van der Waals surface area contributed by atoms with Crippen LogP contribution in [0.5, 0.6) is 0 Å². The van der Waals surface area contributed by atoms with Crippen LogP contribution < -0.4 is 5.32 Å². The molecule has 6 nitrogen and oxygen atoms in total. The number of nitro groups is 1. The van der Waals surface area contributed by atoms with E-state index in [1.54, 1.807) is 0 Å². The number of amides is 1. The summed E-state index contributed by atoms with van der Waals surface area (Å²) in [5.74, 6) is -0.499. The summed E-state index contributed by atoms with van der Waals surface area (Å²) < 4.78 is 0. The van der Waals surface area contributed by atoms with E-state index in [2.05, 4.69) is 5.32 Å². The minimum absolute atomic E-state index is 0.0298. The van der Waals surface area contributed by atoms with Gasteiger partial charge in [-0.25, -0.2) is 0 Å². The third kappa shape index (κ3) is 4.79. The number of carbonyl (C=O) groups is 1. The average Bonchev–Trinajstić information content (AvgIpc) is 2.41. The van der Waals surface area contributed by atoms with Crippen molar-refractivity contribution in [3.05, 3.63) is 38.9 Å². The maximum Gasteiger partial charge on any atom is 0.300 e. The Labute approximate surface area is 121 Å². The summed E-state index contributed by atoms with van der Waals surface area (Å²) in [7, 11) is 0. The second kappa shape index (κ2) is 8.50. The van der Waals surface area contributed by atoms with E-state index in [0.717, 1.165) is 25.7 Å². The van der Waals surface area contributed by atoms with Crippen LogP contribution in [0.2, 0.25) is 5.02 Å². The lowest BCUT2D eigenvalue weighted by Gasteiger charge is -2.06. The molecule has 110 valence electrons. The molecule has 0 aliphatic carbocycles. The Bertz CT molecular complexity index is 479. The number of carbonyl (C=O) groups excluding carboxylic acids is 1. The number of aliphatic hydroxyl groups excluding tert-OH is 1. The number of hydrogen-bond donors (Lipinski definition) is 2. The van der Waals surface area contributed by atoms with Crippen molar-refractivity contribution in [2.45, 2.75) is 25.7 Å². The van der Waals surface area contributed by atoms with Crippen LogP contribution in [0.15, 0.2) is 18.2 Å². The van der Waals surface area contributed by atoms with Crippen LogP contribution >= 0.6 is 11.6 Å². The molecule has 0 radical (unpaired) electrons. The largest absolute Gasteiger partial charge is 0.396 e. The first kappa shape index (κ1) is 16.4. The van der Waals surface area contributed by atoms with Gasteiger partial charge in [-0.3, -0.25) is 14.9 Å². The van der Waals surface area contributed by atoms with Gasteiger partial charge in [0.05, 0.1) is 4.92 Å². The van der Waals surface area contributed by atoms with Gasteiger partial charge in [-0.1, -0.05) is 30.5 Å². The number of unbranched alkanes of at least 4 members (excludes halogenated alkanes) is 3. The molecular weight excluding hydrogens is 284 g/mol. The van der Waals surface area contributed by atoms with E-state index in [1.807, 2.05) is 0 Å². The number of benzene rings is 1. The Hall–Kier alpha value is -1.66. The zero-order valence-corrected chi connectivity index (χ0v) is 11.7. The molecule has 1 aromatic rings. The molecule has 0 saturated heterocycles.